The molecule has 0 bridgehead atoms. The molecule has 0 spiro atoms. The van der Waals surface area contributed by atoms with Crippen LogP contribution in [0.1, 0.15) is 44.3 Å². The average Bonchev–Trinajstić information content (AvgIpc) is 2.94. The van der Waals surface area contributed by atoms with Crippen LogP contribution >= 0.6 is 36.2 Å². The van der Waals surface area contributed by atoms with E-state index in [0.717, 1.165) is 41.5 Å². The van der Waals surface area contributed by atoms with Gasteiger partial charge in [0, 0.05) is 17.6 Å². The zero-order valence-corrected chi connectivity index (χ0v) is 18.9. The number of carbonyl (C=O) groups excluding carboxylic acids is 1. The summed E-state index contributed by atoms with van der Waals surface area (Å²) in [5.41, 5.74) is 1.68. The minimum absolute atomic E-state index is 0. The molecule has 1 aliphatic heterocycles. The molecule has 28 heavy (non-hydrogen) atoms. The maximum absolute atomic E-state index is 12.9. The van der Waals surface area contributed by atoms with Crippen molar-refractivity contribution in [2.24, 2.45) is 5.92 Å². The topological polar surface area (TPSA) is 76.0 Å². The number of hydrogen-bond acceptors (Lipinski definition) is 5. The molecule has 1 aliphatic rings. The van der Waals surface area contributed by atoms with Crippen molar-refractivity contribution in [1.29, 1.82) is 0 Å². The van der Waals surface area contributed by atoms with Crippen molar-refractivity contribution in [1.82, 2.24) is 20.2 Å². The molecule has 2 aromatic rings. The van der Waals surface area contributed by atoms with Gasteiger partial charge in [-0.25, -0.2) is 4.98 Å². The Morgan fingerprint density at radius 2 is 2.11 bits per heavy atom. The lowest BCUT2D eigenvalue weighted by Crippen LogP contribution is -2.37. The number of rotatable bonds is 5. The van der Waals surface area contributed by atoms with E-state index in [9.17, 15) is 9.59 Å². The summed E-state index contributed by atoms with van der Waals surface area (Å²) in [6, 6.07) is 1.86. The Morgan fingerprint density at radius 1 is 1.36 bits per heavy atom. The number of pyridine rings is 1. The molecule has 2 N–H and O–H groups in total. The van der Waals surface area contributed by atoms with E-state index < -0.39 is 0 Å². The summed E-state index contributed by atoms with van der Waals surface area (Å²) < 4.78 is 1.68. The van der Waals surface area contributed by atoms with Gasteiger partial charge in [-0.1, -0.05) is 0 Å². The number of nitrogens with zero attached hydrogens (tertiary/aromatic N) is 2. The molecule has 6 nitrogen and oxygen atoms in total. The summed E-state index contributed by atoms with van der Waals surface area (Å²) in [5.74, 6) is 0.122. The fourth-order valence-corrected chi connectivity index (χ4v) is 4.31. The van der Waals surface area contributed by atoms with Crippen LogP contribution in [0.15, 0.2) is 17.1 Å². The molecule has 3 heterocycles. The Balaban J connectivity index is 0.00000196. The van der Waals surface area contributed by atoms with Gasteiger partial charge >= 0.3 is 0 Å². The zero-order valence-electron chi connectivity index (χ0n) is 16.4. The lowest BCUT2D eigenvalue weighted by molar-refractivity contribution is 0.0948. The number of carbonyl (C=O) groups is 1. The molecule has 0 aromatic carbocycles. The van der Waals surface area contributed by atoms with Gasteiger partial charge in [-0.15, -0.1) is 36.2 Å². The van der Waals surface area contributed by atoms with Crippen LogP contribution in [0.25, 0.3) is 0 Å². The van der Waals surface area contributed by atoms with E-state index in [1.54, 1.807) is 22.1 Å². The van der Waals surface area contributed by atoms with Gasteiger partial charge < -0.3 is 15.2 Å². The number of amides is 1. The highest BCUT2D eigenvalue weighted by Crippen LogP contribution is 2.17. The van der Waals surface area contributed by atoms with Gasteiger partial charge in [-0.3, -0.25) is 9.59 Å². The van der Waals surface area contributed by atoms with Crippen molar-refractivity contribution >= 4 is 42.1 Å². The van der Waals surface area contributed by atoms with Gasteiger partial charge in [0.2, 0.25) is 0 Å². The Morgan fingerprint density at radius 3 is 2.71 bits per heavy atom. The molecule has 0 saturated carbocycles. The molecule has 156 valence electrons. The fourth-order valence-electron chi connectivity index (χ4n) is 3.43. The summed E-state index contributed by atoms with van der Waals surface area (Å²) in [4.78, 5) is 30.9. The molecule has 1 amide bonds. The number of thiazole rings is 1. The monoisotopic (exact) mass is 446 g/mol. The molecule has 1 fully saturated rings. The predicted octanol–water partition coefficient (Wildman–Crippen LogP) is 3.00. The van der Waals surface area contributed by atoms with Crippen molar-refractivity contribution in [3.05, 3.63) is 49.3 Å². The first-order valence-corrected chi connectivity index (χ1v) is 9.89. The van der Waals surface area contributed by atoms with E-state index >= 15 is 0 Å². The second-order valence-electron chi connectivity index (χ2n) is 6.97. The second-order valence-corrected chi connectivity index (χ2v) is 8.26. The molecular weight excluding hydrogens is 419 g/mol. The standard InChI is InChI=1S/C19H26N4O2S.2ClH/c1-12-6-8-23(11-15-5-4-7-20-9-15)19(25)17(12)18(24)21-10-16-13(2)22-14(3)26-16;;/h6,8,15,20H,4-5,7,9-11H2,1-3H3,(H,21,24);2*1H. The Bertz CT molecular complexity index is 860. The highest BCUT2D eigenvalue weighted by atomic mass is 35.5. The zero-order chi connectivity index (χ0) is 18.7. The highest BCUT2D eigenvalue weighted by molar-refractivity contribution is 7.11. The van der Waals surface area contributed by atoms with Crippen LogP contribution in [0.4, 0.5) is 0 Å². The minimum Gasteiger partial charge on any atom is -0.347 e. The Labute approximate surface area is 182 Å². The maximum Gasteiger partial charge on any atom is 0.263 e. The van der Waals surface area contributed by atoms with Gasteiger partial charge in [-0.2, -0.15) is 0 Å². The average molecular weight is 447 g/mol. The number of aryl methyl sites for hydroxylation is 3. The summed E-state index contributed by atoms with van der Waals surface area (Å²) >= 11 is 1.57. The van der Waals surface area contributed by atoms with Crippen LogP contribution < -0.4 is 16.2 Å². The molecule has 2 aromatic heterocycles. The van der Waals surface area contributed by atoms with Crippen molar-refractivity contribution in [2.75, 3.05) is 13.1 Å². The van der Waals surface area contributed by atoms with Gasteiger partial charge in [0.05, 0.1) is 17.2 Å². The molecule has 0 radical (unpaired) electrons. The third-order valence-electron chi connectivity index (χ3n) is 4.86. The molecule has 0 aliphatic carbocycles. The van der Waals surface area contributed by atoms with Gasteiger partial charge in [0.25, 0.3) is 11.5 Å². The van der Waals surface area contributed by atoms with Crippen molar-refractivity contribution in [3.8, 4) is 0 Å². The summed E-state index contributed by atoms with van der Waals surface area (Å²) in [6.07, 6.45) is 4.05. The van der Waals surface area contributed by atoms with Crippen LogP contribution in [-0.4, -0.2) is 28.5 Å². The van der Waals surface area contributed by atoms with Crippen molar-refractivity contribution in [2.45, 2.75) is 46.7 Å². The normalized spacial score (nSPS) is 16.0. The molecular formula is C19H28Cl2N4O2S. The lowest BCUT2D eigenvalue weighted by Gasteiger charge is -2.23. The highest BCUT2D eigenvalue weighted by Gasteiger charge is 2.19. The largest absolute Gasteiger partial charge is 0.347 e. The molecule has 1 unspecified atom stereocenters. The number of aromatic nitrogens is 2. The second kappa shape index (κ2) is 11.0. The van der Waals surface area contributed by atoms with Gasteiger partial charge in [0.15, 0.2) is 0 Å². The first-order valence-electron chi connectivity index (χ1n) is 9.07. The van der Waals surface area contributed by atoms with E-state index in [2.05, 4.69) is 15.6 Å². The van der Waals surface area contributed by atoms with Crippen LogP contribution in [0.2, 0.25) is 0 Å². The molecule has 3 rings (SSSR count). The lowest BCUT2D eigenvalue weighted by atomic mass is 9.99. The first-order chi connectivity index (χ1) is 12.5. The van der Waals surface area contributed by atoms with E-state index in [1.165, 1.54) is 0 Å². The van der Waals surface area contributed by atoms with Crippen molar-refractivity contribution < 1.29 is 4.79 Å². The molecule has 1 saturated heterocycles. The van der Waals surface area contributed by atoms with Crippen LogP contribution in [0.3, 0.4) is 0 Å². The predicted molar refractivity (Wildman–Crippen MR) is 118 cm³/mol. The quantitative estimate of drug-likeness (QED) is 0.739. The van der Waals surface area contributed by atoms with E-state index in [-0.39, 0.29) is 41.8 Å². The van der Waals surface area contributed by atoms with E-state index in [1.807, 2.05) is 26.8 Å². The molecule has 1 atom stereocenters. The number of hydrogen-bond donors (Lipinski definition) is 2. The van der Waals surface area contributed by atoms with E-state index in [4.69, 9.17) is 0 Å². The van der Waals surface area contributed by atoms with Crippen LogP contribution in [-0.2, 0) is 13.1 Å². The summed E-state index contributed by atoms with van der Waals surface area (Å²) in [7, 11) is 0. The third kappa shape index (κ3) is 5.80. The third-order valence-corrected chi connectivity index (χ3v) is 5.94. The van der Waals surface area contributed by atoms with Crippen LogP contribution in [0.5, 0.6) is 0 Å². The van der Waals surface area contributed by atoms with E-state index in [0.29, 0.717) is 24.6 Å². The smallest absolute Gasteiger partial charge is 0.263 e. The fraction of sp³-hybridized carbons (Fsp3) is 0.526. The number of halogens is 2. The first kappa shape index (κ1) is 24.6. The van der Waals surface area contributed by atoms with Crippen LogP contribution in [0, 0.1) is 26.7 Å². The Kier molecular flexibility index (Phi) is 9.63. The van der Waals surface area contributed by atoms with Gasteiger partial charge in [-0.05, 0) is 64.3 Å². The number of nitrogens with one attached hydrogen (secondary N) is 2. The summed E-state index contributed by atoms with van der Waals surface area (Å²) in [5, 5.41) is 7.24. The number of piperidine rings is 1. The SMILES string of the molecule is Cc1nc(C)c(CNC(=O)c2c(C)ccn(CC3CCCNC3)c2=O)s1.Cl.Cl. The van der Waals surface area contributed by atoms with Crippen molar-refractivity contribution in [3.63, 3.8) is 0 Å². The molecule has 9 heteroatoms. The summed E-state index contributed by atoms with van der Waals surface area (Å²) in [6.45, 7) is 8.71. The minimum atomic E-state index is -0.311. The Hall–Kier alpha value is -1.41. The van der Waals surface area contributed by atoms with Gasteiger partial charge in [0.1, 0.15) is 5.56 Å². The maximum atomic E-state index is 12.9.